The Hall–Kier alpha value is -2.67. The van der Waals surface area contributed by atoms with Crippen molar-refractivity contribution in [3.63, 3.8) is 0 Å². The Balaban J connectivity index is 1.82. The maximum absolute atomic E-state index is 13.2. The van der Waals surface area contributed by atoms with Crippen LogP contribution in [-0.4, -0.2) is 30.9 Å². The average molecular weight is 399 g/mol. The van der Waals surface area contributed by atoms with Crippen LogP contribution in [0.25, 0.3) is 11.4 Å². The molecule has 7 heteroatoms. The van der Waals surface area contributed by atoms with Crippen molar-refractivity contribution in [3.05, 3.63) is 65.8 Å². The minimum atomic E-state index is -0.302. The van der Waals surface area contributed by atoms with E-state index in [1.807, 2.05) is 24.5 Å². The molecule has 3 aromatic rings. The number of allylic oxidation sites excluding steroid dienone is 1. The average Bonchev–Trinajstić information content (AvgIpc) is 3.21. The summed E-state index contributed by atoms with van der Waals surface area (Å²) in [5.74, 6) is 0.656. The molecule has 0 saturated carbocycles. The Morgan fingerprint density at radius 3 is 2.54 bits per heavy atom. The number of carbonyl (C=O) groups is 1. The van der Waals surface area contributed by atoms with Crippen LogP contribution in [0.4, 0.5) is 4.39 Å². The van der Waals surface area contributed by atoms with E-state index in [1.54, 1.807) is 18.2 Å². The van der Waals surface area contributed by atoms with E-state index in [1.165, 1.54) is 23.9 Å². The maximum Gasteiger partial charge on any atom is 0.192 e. The second-order valence-corrected chi connectivity index (χ2v) is 7.40. The molecule has 0 atom stereocenters. The van der Waals surface area contributed by atoms with Crippen molar-refractivity contribution >= 4 is 17.5 Å². The van der Waals surface area contributed by atoms with Gasteiger partial charge in [-0.1, -0.05) is 17.8 Å². The molecule has 0 aliphatic heterocycles. The van der Waals surface area contributed by atoms with Crippen molar-refractivity contribution in [2.24, 2.45) is 0 Å². The summed E-state index contributed by atoms with van der Waals surface area (Å²) in [5, 5.41) is 9.11. The number of hydrogen-bond acceptors (Lipinski definition) is 4. The van der Waals surface area contributed by atoms with Gasteiger partial charge in [0, 0.05) is 35.6 Å². The molecular formula is C21H23FN4OS. The number of carbonyl (C=O) groups excluding carboxylic acids is 1. The zero-order chi connectivity index (χ0) is 20.3. The predicted molar refractivity (Wildman–Crippen MR) is 110 cm³/mol. The van der Waals surface area contributed by atoms with E-state index in [0.29, 0.717) is 17.5 Å². The van der Waals surface area contributed by atoms with Crippen LogP contribution in [0.3, 0.4) is 0 Å². The van der Waals surface area contributed by atoms with Gasteiger partial charge in [0.2, 0.25) is 0 Å². The Kier molecular flexibility index (Phi) is 6.14. The predicted octanol–water partition coefficient (Wildman–Crippen LogP) is 4.68. The van der Waals surface area contributed by atoms with Crippen molar-refractivity contribution in [2.75, 3.05) is 5.75 Å². The third-order valence-electron chi connectivity index (χ3n) is 4.65. The van der Waals surface area contributed by atoms with Crippen LogP contribution < -0.4 is 0 Å². The van der Waals surface area contributed by atoms with Gasteiger partial charge in [-0.2, -0.15) is 0 Å². The molecule has 2 heterocycles. The molecule has 0 bridgehead atoms. The van der Waals surface area contributed by atoms with Crippen molar-refractivity contribution in [2.45, 2.75) is 39.0 Å². The Labute approximate surface area is 168 Å². The first-order valence-electron chi connectivity index (χ1n) is 9.09. The first-order valence-corrected chi connectivity index (χ1v) is 10.1. The van der Waals surface area contributed by atoms with Crippen LogP contribution in [0.15, 0.2) is 48.1 Å². The number of benzene rings is 1. The molecule has 0 unspecified atom stereocenters. The van der Waals surface area contributed by atoms with Gasteiger partial charge in [-0.3, -0.25) is 9.36 Å². The van der Waals surface area contributed by atoms with Crippen molar-refractivity contribution < 1.29 is 9.18 Å². The van der Waals surface area contributed by atoms with Gasteiger partial charge < -0.3 is 4.57 Å². The lowest BCUT2D eigenvalue weighted by Gasteiger charge is -2.08. The van der Waals surface area contributed by atoms with Crippen molar-refractivity contribution in [3.8, 4) is 11.4 Å². The smallest absolute Gasteiger partial charge is 0.192 e. The SMILES string of the molecule is C=CCn1c(SCC(=O)c2cc(C)n(CC)c2C)nnc1-c1ccc(F)cc1. The van der Waals surface area contributed by atoms with E-state index >= 15 is 0 Å². The van der Waals surface area contributed by atoms with E-state index in [-0.39, 0.29) is 17.4 Å². The molecular weight excluding hydrogens is 375 g/mol. The summed E-state index contributed by atoms with van der Waals surface area (Å²) in [6, 6.07) is 8.06. The number of ketones is 1. The number of aryl methyl sites for hydroxylation is 1. The van der Waals surface area contributed by atoms with Crippen molar-refractivity contribution in [1.82, 2.24) is 19.3 Å². The normalized spacial score (nSPS) is 11.0. The number of Topliss-reactive ketones (excluding diaryl/α,β-unsaturated/α-hetero) is 1. The van der Waals surface area contributed by atoms with E-state index < -0.39 is 0 Å². The second kappa shape index (κ2) is 8.56. The monoisotopic (exact) mass is 398 g/mol. The second-order valence-electron chi connectivity index (χ2n) is 6.45. The van der Waals surface area contributed by atoms with Crippen LogP contribution in [0.5, 0.6) is 0 Å². The first kappa shape index (κ1) is 20.1. The fraction of sp³-hybridized carbons (Fsp3) is 0.286. The minimum absolute atomic E-state index is 0.0642. The quantitative estimate of drug-likeness (QED) is 0.314. The topological polar surface area (TPSA) is 52.7 Å². The van der Waals surface area contributed by atoms with Gasteiger partial charge in [-0.05, 0) is 51.1 Å². The molecule has 0 spiro atoms. The highest BCUT2D eigenvalue weighted by Crippen LogP contribution is 2.26. The number of rotatable bonds is 8. The number of thioether (sulfide) groups is 1. The molecule has 2 aromatic heterocycles. The third-order valence-corrected chi connectivity index (χ3v) is 5.62. The minimum Gasteiger partial charge on any atom is -0.349 e. The highest BCUT2D eigenvalue weighted by molar-refractivity contribution is 7.99. The van der Waals surface area contributed by atoms with Crippen LogP contribution in [-0.2, 0) is 13.1 Å². The molecule has 0 aliphatic rings. The van der Waals surface area contributed by atoms with Crippen LogP contribution >= 0.6 is 11.8 Å². The molecule has 0 aliphatic carbocycles. The molecule has 0 radical (unpaired) electrons. The fourth-order valence-corrected chi connectivity index (χ4v) is 4.11. The zero-order valence-electron chi connectivity index (χ0n) is 16.3. The molecule has 0 N–H and O–H groups in total. The van der Waals surface area contributed by atoms with Gasteiger partial charge >= 0.3 is 0 Å². The van der Waals surface area contributed by atoms with Gasteiger partial charge in [0.25, 0.3) is 0 Å². The third kappa shape index (κ3) is 3.94. The largest absolute Gasteiger partial charge is 0.349 e. The van der Waals surface area contributed by atoms with E-state index in [0.717, 1.165) is 29.1 Å². The lowest BCUT2D eigenvalue weighted by atomic mass is 10.2. The fourth-order valence-electron chi connectivity index (χ4n) is 3.28. The van der Waals surface area contributed by atoms with Gasteiger partial charge in [-0.15, -0.1) is 16.8 Å². The summed E-state index contributed by atoms with van der Waals surface area (Å²) in [7, 11) is 0. The number of hydrogen-bond donors (Lipinski definition) is 0. The summed E-state index contributed by atoms with van der Waals surface area (Å²) in [6.07, 6.45) is 1.75. The Bertz CT molecular complexity index is 1000. The van der Waals surface area contributed by atoms with Crippen molar-refractivity contribution in [1.29, 1.82) is 0 Å². The summed E-state index contributed by atoms with van der Waals surface area (Å²) in [5.41, 5.74) is 3.59. The molecule has 0 saturated heterocycles. The number of halogens is 1. The van der Waals surface area contributed by atoms with Crippen LogP contribution in [0.2, 0.25) is 0 Å². The molecule has 28 heavy (non-hydrogen) atoms. The molecule has 0 amide bonds. The first-order chi connectivity index (χ1) is 13.5. The van der Waals surface area contributed by atoms with Gasteiger partial charge in [0.05, 0.1) is 5.75 Å². The molecule has 3 rings (SSSR count). The van der Waals surface area contributed by atoms with Gasteiger partial charge in [0.15, 0.2) is 16.8 Å². The molecule has 5 nitrogen and oxygen atoms in total. The highest BCUT2D eigenvalue weighted by atomic mass is 32.2. The van der Waals surface area contributed by atoms with E-state index in [2.05, 4.69) is 28.3 Å². The lowest BCUT2D eigenvalue weighted by molar-refractivity contribution is 0.102. The lowest BCUT2D eigenvalue weighted by Crippen LogP contribution is -2.07. The Morgan fingerprint density at radius 2 is 1.93 bits per heavy atom. The Morgan fingerprint density at radius 1 is 1.21 bits per heavy atom. The summed E-state index contributed by atoms with van der Waals surface area (Å²) in [4.78, 5) is 12.8. The summed E-state index contributed by atoms with van der Waals surface area (Å²) in [6.45, 7) is 11.2. The van der Waals surface area contributed by atoms with Crippen LogP contribution in [0.1, 0.15) is 28.7 Å². The van der Waals surface area contributed by atoms with Crippen LogP contribution in [0, 0.1) is 19.7 Å². The summed E-state index contributed by atoms with van der Waals surface area (Å²) >= 11 is 1.35. The summed E-state index contributed by atoms with van der Waals surface area (Å²) < 4.78 is 17.2. The standard InChI is InChI=1S/C21H23FN4OS/c1-5-11-26-20(16-7-9-17(22)10-8-16)23-24-21(26)28-13-19(27)18-12-14(3)25(6-2)15(18)4/h5,7-10,12H,1,6,11,13H2,2-4H3. The maximum atomic E-state index is 13.2. The van der Waals surface area contributed by atoms with E-state index in [9.17, 15) is 9.18 Å². The number of aromatic nitrogens is 4. The highest BCUT2D eigenvalue weighted by Gasteiger charge is 2.18. The zero-order valence-corrected chi connectivity index (χ0v) is 17.1. The van der Waals surface area contributed by atoms with E-state index in [4.69, 9.17) is 0 Å². The number of nitrogens with zero attached hydrogens (tertiary/aromatic N) is 4. The molecule has 146 valence electrons. The van der Waals surface area contributed by atoms with Gasteiger partial charge in [-0.25, -0.2) is 4.39 Å². The molecule has 1 aromatic carbocycles. The van der Waals surface area contributed by atoms with Gasteiger partial charge in [0.1, 0.15) is 5.82 Å². The molecule has 0 fully saturated rings.